The lowest BCUT2D eigenvalue weighted by Gasteiger charge is -2.06. The summed E-state index contributed by atoms with van der Waals surface area (Å²) >= 11 is 0. The average Bonchev–Trinajstić information content (AvgIpc) is 2.86. The van der Waals surface area contributed by atoms with E-state index in [-0.39, 0.29) is 6.42 Å². The maximum atomic E-state index is 10.7. The number of aliphatic carboxylic acids is 1. The van der Waals surface area contributed by atoms with E-state index >= 15 is 0 Å². The minimum atomic E-state index is -1.05. The van der Waals surface area contributed by atoms with E-state index in [1.165, 1.54) is 0 Å². The third kappa shape index (κ3) is 2.92. The maximum absolute atomic E-state index is 10.7. The van der Waals surface area contributed by atoms with Crippen LogP contribution in [-0.2, 0) is 11.2 Å². The summed E-state index contributed by atoms with van der Waals surface area (Å²) in [6.45, 7) is 0. The number of ether oxygens (including phenoxy) is 1. The number of H-pyrrole nitrogens is 1. The molecule has 6 heteroatoms. The number of aromatic nitrogens is 2. The number of methoxy groups -OCH3 is 1. The van der Waals surface area contributed by atoms with Crippen molar-refractivity contribution in [2.24, 2.45) is 5.73 Å². The van der Waals surface area contributed by atoms with Crippen LogP contribution in [0.3, 0.4) is 0 Å². The van der Waals surface area contributed by atoms with Gasteiger partial charge in [0.05, 0.1) is 19.0 Å². The van der Waals surface area contributed by atoms with Gasteiger partial charge in [-0.05, 0) is 12.1 Å². The summed E-state index contributed by atoms with van der Waals surface area (Å²) in [4.78, 5) is 17.9. The summed E-state index contributed by atoms with van der Waals surface area (Å²) < 4.78 is 5.26. The standard InChI is InChI=1S/C13H15N3O3/c1-19-11-5-3-2-4-8(11)10-7-15-12(16-10)6-9(14)13(17)18/h2-5,7,9H,6,14H2,1H3,(H,15,16)(H,17,18). The van der Waals surface area contributed by atoms with Gasteiger partial charge in [0.15, 0.2) is 0 Å². The van der Waals surface area contributed by atoms with Gasteiger partial charge in [-0.1, -0.05) is 12.1 Å². The second kappa shape index (κ2) is 5.53. The zero-order chi connectivity index (χ0) is 13.8. The molecule has 0 radical (unpaired) electrons. The number of hydrogen-bond donors (Lipinski definition) is 3. The van der Waals surface area contributed by atoms with Crippen molar-refractivity contribution in [2.75, 3.05) is 7.11 Å². The van der Waals surface area contributed by atoms with Crippen LogP contribution in [0.4, 0.5) is 0 Å². The molecule has 1 aromatic heterocycles. The van der Waals surface area contributed by atoms with Crippen molar-refractivity contribution in [3.63, 3.8) is 0 Å². The Hall–Kier alpha value is -2.34. The fourth-order valence-corrected chi connectivity index (χ4v) is 1.77. The Bertz CT molecular complexity index is 580. The first-order chi connectivity index (χ1) is 9.11. The molecular weight excluding hydrogens is 246 g/mol. The molecule has 0 aliphatic rings. The lowest BCUT2D eigenvalue weighted by molar-refractivity contribution is -0.138. The van der Waals surface area contributed by atoms with Crippen LogP contribution < -0.4 is 10.5 Å². The van der Waals surface area contributed by atoms with E-state index in [2.05, 4.69) is 9.97 Å². The topological polar surface area (TPSA) is 101 Å². The minimum Gasteiger partial charge on any atom is -0.496 e. The van der Waals surface area contributed by atoms with Crippen molar-refractivity contribution in [3.05, 3.63) is 36.3 Å². The first kappa shape index (κ1) is 13.1. The molecule has 6 nitrogen and oxygen atoms in total. The van der Waals surface area contributed by atoms with Crippen LogP contribution in [0.25, 0.3) is 11.3 Å². The number of aromatic amines is 1. The first-order valence-corrected chi connectivity index (χ1v) is 5.77. The number of rotatable bonds is 5. The zero-order valence-corrected chi connectivity index (χ0v) is 10.5. The van der Waals surface area contributed by atoms with E-state index in [9.17, 15) is 4.79 Å². The Balaban J connectivity index is 2.23. The molecule has 0 saturated carbocycles. The fourth-order valence-electron chi connectivity index (χ4n) is 1.77. The maximum Gasteiger partial charge on any atom is 0.320 e. The van der Waals surface area contributed by atoms with Crippen LogP contribution in [0.5, 0.6) is 5.75 Å². The Kier molecular flexibility index (Phi) is 3.82. The predicted molar refractivity (Wildman–Crippen MR) is 69.9 cm³/mol. The summed E-state index contributed by atoms with van der Waals surface area (Å²) in [5.41, 5.74) is 7.11. The van der Waals surface area contributed by atoms with Gasteiger partial charge in [-0.3, -0.25) is 4.79 Å². The van der Waals surface area contributed by atoms with Gasteiger partial charge in [0.2, 0.25) is 0 Å². The zero-order valence-electron chi connectivity index (χ0n) is 10.5. The van der Waals surface area contributed by atoms with Crippen molar-refractivity contribution >= 4 is 5.97 Å². The second-order valence-corrected chi connectivity index (χ2v) is 4.09. The lowest BCUT2D eigenvalue weighted by Crippen LogP contribution is -2.32. The van der Waals surface area contributed by atoms with E-state index in [1.54, 1.807) is 13.3 Å². The SMILES string of the molecule is COc1ccccc1-c1cnc(CC(N)C(=O)O)[nH]1. The highest BCUT2D eigenvalue weighted by Crippen LogP contribution is 2.27. The smallest absolute Gasteiger partial charge is 0.320 e. The Morgan fingerprint density at radius 3 is 2.95 bits per heavy atom. The molecule has 2 rings (SSSR count). The Labute approximate surface area is 110 Å². The Morgan fingerprint density at radius 2 is 2.26 bits per heavy atom. The summed E-state index contributed by atoms with van der Waals surface area (Å²) in [6.07, 6.45) is 1.80. The normalized spacial score (nSPS) is 12.1. The molecule has 0 saturated heterocycles. The number of imidazole rings is 1. The highest BCUT2D eigenvalue weighted by atomic mass is 16.5. The number of nitrogens with two attached hydrogens (primary N) is 1. The number of carboxylic acids is 1. The van der Waals surface area contributed by atoms with Crippen molar-refractivity contribution in [1.29, 1.82) is 0 Å². The molecule has 19 heavy (non-hydrogen) atoms. The molecule has 0 bridgehead atoms. The van der Waals surface area contributed by atoms with E-state index in [0.29, 0.717) is 5.82 Å². The second-order valence-electron chi connectivity index (χ2n) is 4.09. The highest BCUT2D eigenvalue weighted by molar-refractivity contribution is 5.73. The fraction of sp³-hybridized carbons (Fsp3) is 0.231. The monoisotopic (exact) mass is 261 g/mol. The average molecular weight is 261 g/mol. The van der Waals surface area contributed by atoms with Crippen LogP contribution >= 0.6 is 0 Å². The molecule has 0 amide bonds. The number of nitrogens with one attached hydrogen (secondary N) is 1. The van der Waals surface area contributed by atoms with Crippen molar-refractivity contribution < 1.29 is 14.6 Å². The summed E-state index contributed by atoms with van der Waals surface area (Å²) in [5.74, 6) is 0.214. The van der Waals surface area contributed by atoms with Gasteiger partial charge in [0, 0.05) is 12.0 Å². The molecule has 1 atom stereocenters. The van der Waals surface area contributed by atoms with Gasteiger partial charge in [-0.2, -0.15) is 0 Å². The number of para-hydroxylation sites is 1. The summed E-state index contributed by atoms with van der Waals surface area (Å²) in [5, 5.41) is 8.76. The number of nitrogens with zero attached hydrogens (tertiary/aromatic N) is 1. The van der Waals surface area contributed by atoms with Crippen LogP contribution in [0.2, 0.25) is 0 Å². The lowest BCUT2D eigenvalue weighted by atomic mass is 10.1. The third-order valence-corrected chi connectivity index (χ3v) is 2.76. The van der Waals surface area contributed by atoms with E-state index in [4.69, 9.17) is 15.6 Å². The summed E-state index contributed by atoms with van der Waals surface area (Å²) in [7, 11) is 1.59. The van der Waals surface area contributed by atoms with E-state index < -0.39 is 12.0 Å². The van der Waals surface area contributed by atoms with Crippen molar-refractivity contribution in [1.82, 2.24) is 9.97 Å². The molecule has 2 aromatic rings. The van der Waals surface area contributed by atoms with Crippen molar-refractivity contribution in [3.8, 4) is 17.0 Å². The molecular formula is C13H15N3O3. The van der Waals surface area contributed by atoms with Gasteiger partial charge < -0.3 is 20.6 Å². The molecule has 1 aromatic carbocycles. The largest absolute Gasteiger partial charge is 0.496 e. The number of carbonyl (C=O) groups is 1. The minimum absolute atomic E-state index is 0.157. The highest BCUT2D eigenvalue weighted by Gasteiger charge is 2.15. The van der Waals surface area contributed by atoms with Gasteiger partial charge in [-0.25, -0.2) is 4.98 Å². The Morgan fingerprint density at radius 1 is 1.53 bits per heavy atom. The predicted octanol–water partition coefficient (Wildman–Crippen LogP) is 1.04. The van der Waals surface area contributed by atoms with Crippen molar-refractivity contribution in [2.45, 2.75) is 12.5 Å². The quantitative estimate of drug-likeness (QED) is 0.746. The van der Waals surface area contributed by atoms with Crippen LogP contribution in [0.1, 0.15) is 5.82 Å². The molecule has 1 heterocycles. The van der Waals surface area contributed by atoms with Gasteiger partial charge in [-0.15, -0.1) is 0 Å². The molecule has 4 N–H and O–H groups in total. The molecule has 0 aliphatic heterocycles. The van der Waals surface area contributed by atoms with Crippen LogP contribution in [0.15, 0.2) is 30.5 Å². The van der Waals surface area contributed by atoms with E-state index in [1.807, 2.05) is 24.3 Å². The number of hydrogen-bond acceptors (Lipinski definition) is 4. The van der Waals surface area contributed by atoms with Gasteiger partial charge >= 0.3 is 5.97 Å². The first-order valence-electron chi connectivity index (χ1n) is 5.77. The van der Waals surface area contributed by atoms with E-state index in [0.717, 1.165) is 17.0 Å². The van der Waals surface area contributed by atoms with Gasteiger partial charge in [0.25, 0.3) is 0 Å². The van der Waals surface area contributed by atoms with Crippen LogP contribution in [0, 0.1) is 0 Å². The molecule has 1 unspecified atom stereocenters. The number of carboxylic acid groups (broad SMARTS) is 1. The van der Waals surface area contributed by atoms with Gasteiger partial charge in [0.1, 0.15) is 17.6 Å². The number of benzene rings is 1. The summed E-state index contributed by atoms with van der Waals surface area (Å²) in [6, 6.07) is 6.55. The molecule has 0 fully saturated rings. The van der Waals surface area contributed by atoms with Crippen LogP contribution in [-0.4, -0.2) is 34.2 Å². The molecule has 0 spiro atoms. The molecule has 0 aliphatic carbocycles. The molecule has 100 valence electrons. The third-order valence-electron chi connectivity index (χ3n) is 2.76.